The van der Waals surface area contributed by atoms with E-state index in [0.29, 0.717) is 6.10 Å². The molecule has 1 N–H and O–H groups in total. The van der Waals surface area contributed by atoms with Crippen LogP contribution in [0.4, 0.5) is 0 Å². The standard InChI is InChI=1S/C16H31N3O/c1-2-18-10-11-20-14(12-18)13-19-9-4-3-7-16(19)15-6-5-8-17-15/h14-17H,2-13H2,1H3. The molecule has 0 saturated carbocycles. The second kappa shape index (κ2) is 7.21. The van der Waals surface area contributed by atoms with Crippen LogP contribution >= 0.6 is 0 Å². The largest absolute Gasteiger partial charge is 0.374 e. The van der Waals surface area contributed by atoms with Gasteiger partial charge in [0.25, 0.3) is 0 Å². The number of piperidine rings is 1. The van der Waals surface area contributed by atoms with Gasteiger partial charge in [0.05, 0.1) is 12.7 Å². The molecule has 3 rings (SSSR count). The monoisotopic (exact) mass is 281 g/mol. The van der Waals surface area contributed by atoms with Gasteiger partial charge < -0.3 is 10.1 Å². The van der Waals surface area contributed by atoms with Gasteiger partial charge in [0.1, 0.15) is 0 Å². The summed E-state index contributed by atoms with van der Waals surface area (Å²) in [6.45, 7) is 10.2. The van der Waals surface area contributed by atoms with E-state index in [9.17, 15) is 0 Å². The third-order valence-electron chi connectivity index (χ3n) is 5.34. The molecule has 3 fully saturated rings. The molecule has 116 valence electrons. The number of hydrogen-bond acceptors (Lipinski definition) is 4. The number of likely N-dealkylation sites (tertiary alicyclic amines) is 1. The van der Waals surface area contributed by atoms with Crippen LogP contribution in [0, 0.1) is 0 Å². The van der Waals surface area contributed by atoms with Gasteiger partial charge in [-0.25, -0.2) is 0 Å². The minimum Gasteiger partial charge on any atom is -0.374 e. The Kier molecular flexibility index (Phi) is 5.32. The van der Waals surface area contributed by atoms with Crippen molar-refractivity contribution >= 4 is 0 Å². The highest BCUT2D eigenvalue weighted by Crippen LogP contribution is 2.25. The molecular weight excluding hydrogens is 250 g/mol. The number of nitrogens with zero attached hydrogens (tertiary/aromatic N) is 2. The Morgan fingerprint density at radius 2 is 2.10 bits per heavy atom. The summed E-state index contributed by atoms with van der Waals surface area (Å²) in [7, 11) is 0. The number of hydrogen-bond donors (Lipinski definition) is 1. The van der Waals surface area contributed by atoms with E-state index in [4.69, 9.17) is 4.74 Å². The molecule has 4 nitrogen and oxygen atoms in total. The lowest BCUT2D eigenvalue weighted by atomic mass is 9.94. The Hall–Kier alpha value is -0.160. The van der Waals surface area contributed by atoms with Crippen LogP contribution in [0.1, 0.15) is 39.0 Å². The lowest BCUT2D eigenvalue weighted by Crippen LogP contribution is -2.55. The molecule has 0 aliphatic carbocycles. The number of rotatable bonds is 4. The fourth-order valence-corrected chi connectivity index (χ4v) is 4.18. The van der Waals surface area contributed by atoms with E-state index in [-0.39, 0.29) is 0 Å². The minimum atomic E-state index is 0.422. The summed E-state index contributed by atoms with van der Waals surface area (Å²) in [5.41, 5.74) is 0. The van der Waals surface area contributed by atoms with Crippen molar-refractivity contribution in [1.29, 1.82) is 0 Å². The molecule has 0 radical (unpaired) electrons. The average molecular weight is 281 g/mol. The van der Waals surface area contributed by atoms with Crippen molar-refractivity contribution in [3.63, 3.8) is 0 Å². The summed E-state index contributed by atoms with van der Waals surface area (Å²) in [5.74, 6) is 0. The zero-order valence-corrected chi connectivity index (χ0v) is 13.0. The summed E-state index contributed by atoms with van der Waals surface area (Å²) in [4.78, 5) is 5.26. The van der Waals surface area contributed by atoms with Crippen LogP contribution in [0.3, 0.4) is 0 Å². The molecule has 4 heteroatoms. The van der Waals surface area contributed by atoms with Crippen molar-refractivity contribution in [1.82, 2.24) is 15.1 Å². The molecule has 3 saturated heterocycles. The Morgan fingerprint density at radius 3 is 2.90 bits per heavy atom. The zero-order valence-electron chi connectivity index (χ0n) is 13.0. The second-order valence-electron chi connectivity index (χ2n) is 6.65. The third kappa shape index (κ3) is 3.53. The molecule has 3 aliphatic rings. The number of morpholine rings is 1. The SMILES string of the molecule is CCN1CCOC(CN2CCCCC2C2CCCN2)C1. The van der Waals surface area contributed by atoms with Crippen molar-refractivity contribution in [2.45, 2.75) is 57.2 Å². The van der Waals surface area contributed by atoms with E-state index in [1.54, 1.807) is 0 Å². The molecule has 20 heavy (non-hydrogen) atoms. The Labute approximate surface area is 123 Å². The smallest absolute Gasteiger partial charge is 0.0829 e. The van der Waals surface area contributed by atoms with Gasteiger partial charge in [-0.15, -0.1) is 0 Å². The summed E-state index contributed by atoms with van der Waals surface area (Å²) in [6, 6.07) is 1.49. The molecule has 3 heterocycles. The maximum atomic E-state index is 6.02. The fourth-order valence-electron chi connectivity index (χ4n) is 4.18. The first-order valence-corrected chi connectivity index (χ1v) is 8.68. The second-order valence-corrected chi connectivity index (χ2v) is 6.65. The van der Waals surface area contributed by atoms with Crippen LogP contribution in [0.5, 0.6) is 0 Å². The first-order valence-electron chi connectivity index (χ1n) is 8.68. The van der Waals surface area contributed by atoms with E-state index in [2.05, 4.69) is 22.0 Å². The van der Waals surface area contributed by atoms with Gasteiger partial charge in [0.2, 0.25) is 0 Å². The van der Waals surface area contributed by atoms with Crippen molar-refractivity contribution in [2.75, 3.05) is 45.9 Å². The van der Waals surface area contributed by atoms with E-state index in [1.165, 1.54) is 45.2 Å². The molecule has 0 aromatic carbocycles. The van der Waals surface area contributed by atoms with Crippen molar-refractivity contribution in [3.05, 3.63) is 0 Å². The summed E-state index contributed by atoms with van der Waals surface area (Å²) >= 11 is 0. The summed E-state index contributed by atoms with van der Waals surface area (Å²) < 4.78 is 6.02. The van der Waals surface area contributed by atoms with Crippen molar-refractivity contribution < 1.29 is 4.74 Å². The highest BCUT2D eigenvalue weighted by Gasteiger charge is 2.33. The van der Waals surface area contributed by atoms with Crippen molar-refractivity contribution in [3.8, 4) is 0 Å². The van der Waals surface area contributed by atoms with Gasteiger partial charge in [0, 0.05) is 31.7 Å². The Bertz CT molecular complexity index is 293. The maximum absolute atomic E-state index is 6.02. The molecule has 0 spiro atoms. The lowest BCUT2D eigenvalue weighted by Gasteiger charge is -2.42. The van der Waals surface area contributed by atoms with Crippen LogP contribution in [0.2, 0.25) is 0 Å². The van der Waals surface area contributed by atoms with Crippen molar-refractivity contribution in [2.24, 2.45) is 0 Å². The molecule has 3 atom stereocenters. The molecule has 3 aliphatic heterocycles. The lowest BCUT2D eigenvalue weighted by molar-refractivity contribution is -0.0529. The van der Waals surface area contributed by atoms with E-state index in [1.807, 2.05) is 0 Å². The van der Waals surface area contributed by atoms with E-state index in [0.717, 1.165) is 44.9 Å². The molecule has 0 aromatic heterocycles. The molecule has 3 unspecified atom stereocenters. The minimum absolute atomic E-state index is 0.422. The number of likely N-dealkylation sites (N-methyl/N-ethyl adjacent to an activating group) is 1. The Morgan fingerprint density at radius 1 is 1.15 bits per heavy atom. The van der Waals surface area contributed by atoms with Crippen LogP contribution in [0.15, 0.2) is 0 Å². The molecule has 0 bridgehead atoms. The summed E-state index contributed by atoms with van der Waals surface area (Å²) in [6.07, 6.45) is 7.30. The Balaban J connectivity index is 1.55. The van der Waals surface area contributed by atoms with Crippen LogP contribution in [0.25, 0.3) is 0 Å². The van der Waals surface area contributed by atoms with Gasteiger partial charge in [-0.3, -0.25) is 9.80 Å². The van der Waals surface area contributed by atoms with E-state index >= 15 is 0 Å². The highest BCUT2D eigenvalue weighted by atomic mass is 16.5. The topological polar surface area (TPSA) is 27.7 Å². The van der Waals surface area contributed by atoms with Gasteiger partial charge in [-0.05, 0) is 45.3 Å². The highest BCUT2D eigenvalue weighted by molar-refractivity contribution is 4.91. The van der Waals surface area contributed by atoms with Gasteiger partial charge in [-0.2, -0.15) is 0 Å². The molecule has 0 aromatic rings. The quantitative estimate of drug-likeness (QED) is 0.841. The molecular formula is C16H31N3O. The predicted molar refractivity (Wildman–Crippen MR) is 82.1 cm³/mol. The zero-order chi connectivity index (χ0) is 13.8. The van der Waals surface area contributed by atoms with Gasteiger partial charge >= 0.3 is 0 Å². The molecule has 0 amide bonds. The maximum Gasteiger partial charge on any atom is 0.0829 e. The van der Waals surface area contributed by atoms with E-state index < -0.39 is 0 Å². The predicted octanol–water partition coefficient (Wildman–Crippen LogP) is 1.31. The van der Waals surface area contributed by atoms with Crippen LogP contribution in [-0.4, -0.2) is 73.9 Å². The number of ether oxygens (including phenoxy) is 1. The fraction of sp³-hybridized carbons (Fsp3) is 1.00. The average Bonchev–Trinajstić information content (AvgIpc) is 3.02. The third-order valence-corrected chi connectivity index (χ3v) is 5.34. The van der Waals surface area contributed by atoms with Gasteiger partial charge in [0.15, 0.2) is 0 Å². The first-order chi connectivity index (χ1) is 9.86. The normalized spacial score (nSPS) is 37.4. The summed E-state index contributed by atoms with van der Waals surface area (Å²) in [5, 5.41) is 3.72. The van der Waals surface area contributed by atoms with Gasteiger partial charge in [-0.1, -0.05) is 13.3 Å². The van der Waals surface area contributed by atoms with Crippen LogP contribution in [-0.2, 0) is 4.74 Å². The number of nitrogens with one attached hydrogen (secondary N) is 1. The van der Waals surface area contributed by atoms with Crippen LogP contribution < -0.4 is 5.32 Å². The first kappa shape index (κ1) is 14.8.